The van der Waals surface area contributed by atoms with E-state index in [1.54, 1.807) is 0 Å². The van der Waals surface area contributed by atoms with E-state index < -0.39 is 103 Å². The second kappa shape index (κ2) is 23.9. The standard InChI is InChI=1S/C45H74N7O20P3S/c1-23(25-7-8-26-32-27(11-14-44(25,26)4)45(5)13-10-24(53)18-28(45)34(56)35(32)57)6-9-31(55)76-17-16-47-30(54)12-15-48-41(60)38(59)43(2,3)20-69-75(66,67)72-74(64,65)68-19-29-37(71-73(61,62)63)36(58)42(70-29)52-22-51-33-39(46)49-21-50-40(33)52/h21-29,32,34-38,42,53,56-59H,6-20H2,1-5H3,(H,47,54)(H,48,60)(H,64,65)(H,66,67)(H2,46,49,50)(H2,61,62,63)/t23-,24-,25-,26+,27+,28+,29-,32+,34+,35-,36-,37-,38+,42-,44-,45-/m1/s1. The molecule has 27 nitrogen and oxygen atoms in total. The van der Waals surface area contributed by atoms with Crippen LogP contribution in [0.1, 0.15) is 105 Å². The maximum absolute atomic E-state index is 13.0. The van der Waals surface area contributed by atoms with Crippen molar-refractivity contribution in [2.45, 2.75) is 148 Å². The highest BCUT2D eigenvalue weighted by Gasteiger charge is 2.65. The largest absolute Gasteiger partial charge is 0.481 e. The normalized spacial score (nSPS) is 35.0. The summed E-state index contributed by atoms with van der Waals surface area (Å²) in [6.07, 6.45) is -1.94. The molecule has 2 amide bonds. The number of ether oxygens (including phenoxy) is 1. The number of carbonyl (C=O) groups excluding carboxylic acids is 3. The van der Waals surface area contributed by atoms with Gasteiger partial charge in [0, 0.05) is 37.1 Å². The maximum Gasteiger partial charge on any atom is 0.481 e. The third-order valence-corrected chi connectivity index (χ3v) is 21.1. The third kappa shape index (κ3) is 13.6. The van der Waals surface area contributed by atoms with Crippen LogP contribution in [0.4, 0.5) is 5.82 Å². The summed E-state index contributed by atoms with van der Waals surface area (Å²) in [5.74, 6) is -0.0366. The number of fused-ring (bicyclic) bond motifs is 6. The van der Waals surface area contributed by atoms with Crippen molar-refractivity contribution in [3.05, 3.63) is 12.7 Å². The number of phosphoric acid groups is 3. The van der Waals surface area contributed by atoms with Crippen molar-refractivity contribution in [2.75, 3.05) is 37.8 Å². The number of aromatic nitrogens is 4. The van der Waals surface area contributed by atoms with E-state index in [9.17, 15) is 73.2 Å². The first-order chi connectivity index (χ1) is 35.4. The van der Waals surface area contributed by atoms with Crippen LogP contribution in [0.2, 0.25) is 0 Å². The van der Waals surface area contributed by atoms with E-state index in [0.717, 1.165) is 67.5 Å². The number of imidazole rings is 1. The summed E-state index contributed by atoms with van der Waals surface area (Å²) in [7, 11) is -16.5. The van der Waals surface area contributed by atoms with Crippen LogP contribution in [0.15, 0.2) is 12.7 Å². The lowest BCUT2D eigenvalue weighted by molar-refractivity contribution is -0.223. The SMILES string of the molecule is C[C@H](CCC(=O)SCCNC(=O)CCNC(=O)[C@H](O)C(C)(C)COP(=O)(O)OP(=O)(O)OC[C@H]1O[C@@H](n2cnc3c(N)ncnc32)[C@H](O)[C@@H]1OP(=O)(O)O)[C@H]1CC[C@H]2[C@@H]3[C@@H](O)[C@@H](O)[C@@H]4C[C@H](O)CC[C@]4(C)[C@H]3CC[C@]12C. The van der Waals surface area contributed by atoms with E-state index in [-0.39, 0.29) is 76.1 Å². The molecule has 76 heavy (non-hydrogen) atoms. The predicted octanol–water partition coefficient (Wildman–Crippen LogP) is 2.04. The van der Waals surface area contributed by atoms with Crippen LogP contribution < -0.4 is 16.4 Å². The number of aliphatic hydroxyl groups is 5. The molecule has 2 aromatic rings. The molecule has 1 saturated heterocycles. The molecule has 4 aliphatic carbocycles. The molecule has 7 rings (SSSR count). The van der Waals surface area contributed by atoms with Gasteiger partial charge in [0.25, 0.3) is 0 Å². The average molecular weight is 1160 g/mol. The van der Waals surface area contributed by atoms with Crippen LogP contribution >= 0.6 is 35.2 Å². The number of nitrogen functional groups attached to an aromatic ring is 1. The van der Waals surface area contributed by atoms with Gasteiger partial charge in [0.05, 0.1) is 37.9 Å². The van der Waals surface area contributed by atoms with E-state index in [4.69, 9.17) is 19.5 Å². The van der Waals surface area contributed by atoms with Crippen LogP contribution in [-0.4, -0.2) is 156 Å². The molecule has 0 radical (unpaired) electrons. The van der Waals surface area contributed by atoms with Crippen molar-refractivity contribution < 1.29 is 95.8 Å². The molecule has 0 bridgehead atoms. The van der Waals surface area contributed by atoms with Gasteiger partial charge < -0.3 is 66.2 Å². The molecule has 5 aliphatic rings. The molecule has 5 fully saturated rings. The van der Waals surface area contributed by atoms with E-state index in [0.29, 0.717) is 36.9 Å². The fraction of sp³-hybridized carbons (Fsp3) is 0.822. The number of phosphoric ester groups is 3. The third-order valence-electron chi connectivity index (χ3n) is 17.1. The van der Waals surface area contributed by atoms with Gasteiger partial charge in [-0.05, 0) is 97.7 Å². The van der Waals surface area contributed by atoms with Gasteiger partial charge in [0.2, 0.25) is 11.8 Å². The van der Waals surface area contributed by atoms with Gasteiger partial charge in [-0.1, -0.05) is 46.4 Å². The Labute approximate surface area is 443 Å². The van der Waals surface area contributed by atoms with Crippen molar-refractivity contribution in [3.63, 3.8) is 0 Å². The first kappa shape index (κ1) is 61.1. The van der Waals surface area contributed by atoms with E-state index in [2.05, 4.69) is 55.2 Å². The fourth-order valence-corrected chi connectivity index (χ4v) is 16.7. The molecule has 1 aliphatic heterocycles. The Balaban J connectivity index is 0.781. The molecule has 430 valence electrons. The van der Waals surface area contributed by atoms with Crippen molar-refractivity contribution in [1.29, 1.82) is 0 Å². The Hall–Kier alpha value is -2.56. The molecule has 18 atom stereocenters. The van der Waals surface area contributed by atoms with E-state index in [1.807, 2.05) is 0 Å². The Morgan fingerprint density at radius 2 is 1.58 bits per heavy atom. The summed E-state index contributed by atoms with van der Waals surface area (Å²) in [6.45, 7) is 7.24. The van der Waals surface area contributed by atoms with Gasteiger partial charge in [-0.2, -0.15) is 4.31 Å². The summed E-state index contributed by atoms with van der Waals surface area (Å²) >= 11 is 1.12. The molecule has 2 aromatic heterocycles. The molecular weight excluding hydrogens is 1080 g/mol. The van der Waals surface area contributed by atoms with Gasteiger partial charge in [-0.25, -0.2) is 28.6 Å². The number of nitrogens with one attached hydrogen (secondary N) is 2. The van der Waals surface area contributed by atoms with Gasteiger partial charge in [0.15, 0.2) is 22.8 Å². The minimum atomic E-state index is -5.60. The quantitative estimate of drug-likeness (QED) is 0.0559. The highest BCUT2D eigenvalue weighted by atomic mass is 32.2. The molecule has 3 heterocycles. The Bertz CT molecular complexity index is 2560. The number of nitrogens with zero attached hydrogens (tertiary/aromatic N) is 4. The first-order valence-electron chi connectivity index (χ1n) is 25.5. The zero-order valence-corrected chi connectivity index (χ0v) is 46.5. The molecule has 31 heteroatoms. The number of hydrogen-bond donors (Lipinski definition) is 12. The van der Waals surface area contributed by atoms with E-state index in [1.165, 1.54) is 13.8 Å². The van der Waals surface area contributed by atoms with Gasteiger partial charge in [0.1, 0.15) is 36.3 Å². The number of aliphatic hydroxyl groups excluding tert-OH is 5. The minimum Gasteiger partial charge on any atom is -0.393 e. The van der Waals surface area contributed by atoms with Crippen molar-refractivity contribution in [1.82, 2.24) is 30.2 Å². The highest BCUT2D eigenvalue weighted by Crippen LogP contribution is 2.68. The summed E-state index contributed by atoms with van der Waals surface area (Å²) in [6, 6.07) is 0. The van der Waals surface area contributed by atoms with Crippen LogP contribution in [0.3, 0.4) is 0 Å². The van der Waals surface area contributed by atoms with Crippen LogP contribution in [0.5, 0.6) is 0 Å². The number of nitrogens with two attached hydrogens (primary N) is 1. The Morgan fingerprint density at radius 1 is 0.895 bits per heavy atom. The minimum absolute atomic E-state index is 0.00529. The molecule has 4 saturated carbocycles. The Morgan fingerprint density at radius 3 is 2.29 bits per heavy atom. The molecule has 2 unspecified atom stereocenters. The van der Waals surface area contributed by atoms with Crippen molar-refractivity contribution in [3.8, 4) is 0 Å². The number of thioether (sulfide) groups is 1. The topological polar surface area (TPSA) is 424 Å². The van der Waals surface area contributed by atoms with Crippen LogP contribution in [0, 0.1) is 51.8 Å². The smallest absolute Gasteiger partial charge is 0.393 e. The van der Waals surface area contributed by atoms with Gasteiger partial charge in [-0.3, -0.25) is 32.5 Å². The molecule has 0 spiro atoms. The summed E-state index contributed by atoms with van der Waals surface area (Å²) in [5.41, 5.74) is 4.13. The monoisotopic (exact) mass is 1160 g/mol. The second-order valence-corrected chi connectivity index (χ2v) is 27.7. The summed E-state index contributed by atoms with van der Waals surface area (Å²) < 4.78 is 62.7. The maximum atomic E-state index is 13.0. The summed E-state index contributed by atoms with van der Waals surface area (Å²) in [4.78, 5) is 89.7. The number of rotatable bonds is 23. The number of amides is 2. The molecule has 13 N–H and O–H groups in total. The van der Waals surface area contributed by atoms with Crippen molar-refractivity contribution >= 4 is 69.1 Å². The van der Waals surface area contributed by atoms with Crippen LogP contribution in [-0.2, 0) is 50.7 Å². The number of carbonyl (C=O) groups is 3. The van der Waals surface area contributed by atoms with Crippen molar-refractivity contribution in [2.24, 2.45) is 51.8 Å². The zero-order valence-electron chi connectivity index (χ0n) is 43.0. The second-order valence-electron chi connectivity index (χ2n) is 22.3. The van der Waals surface area contributed by atoms with Crippen LogP contribution in [0.25, 0.3) is 11.2 Å². The van der Waals surface area contributed by atoms with E-state index >= 15 is 0 Å². The summed E-state index contributed by atoms with van der Waals surface area (Å²) in [5, 5.41) is 60.2. The zero-order chi connectivity index (χ0) is 55.9. The molecule has 0 aromatic carbocycles. The Kier molecular flexibility index (Phi) is 19.2. The molecular formula is C45H74N7O20P3S. The lowest BCUT2D eigenvalue weighted by atomic mass is 9.43. The fourth-order valence-electron chi connectivity index (χ4n) is 13.1. The number of anilines is 1. The lowest BCUT2D eigenvalue weighted by Gasteiger charge is -2.63. The average Bonchev–Trinajstić information content (AvgIpc) is 4.02. The van der Waals surface area contributed by atoms with Gasteiger partial charge in [-0.15, -0.1) is 0 Å². The predicted molar refractivity (Wildman–Crippen MR) is 269 cm³/mol. The number of hydrogen-bond acceptors (Lipinski definition) is 21. The highest BCUT2D eigenvalue weighted by molar-refractivity contribution is 8.13. The van der Waals surface area contributed by atoms with Gasteiger partial charge >= 0.3 is 23.5 Å². The lowest BCUT2D eigenvalue weighted by Crippen LogP contribution is -2.64. The first-order valence-corrected chi connectivity index (χ1v) is 31.0.